The van der Waals surface area contributed by atoms with Gasteiger partial charge in [0.2, 0.25) is 0 Å². The Hall–Kier alpha value is -6.18. The van der Waals surface area contributed by atoms with Gasteiger partial charge in [-0.2, -0.15) is 15.5 Å². The number of rotatable bonds is 10. The molecule has 4 heterocycles. The number of aryl methyl sites for hydroxylation is 2. The third-order valence-corrected chi connectivity index (χ3v) is 9.41. The van der Waals surface area contributed by atoms with Crippen LogP contribution in [-0.4, -0.2) is 31.1 Å². The molecule has 0 atom stereocenters. The van der Waals surface area contributed by atoms with Crippen LogP contribution in [0.15, 0.2) is 81.0 Å². The molecule has 2 aromatic carbocycles. The fraction of sp³-hybridized carbons (Fsp3) is 0.162. The number of ketones is 2. The van der Waals surface area contributed by atoms with Crippen LogP contribution in [0.25, 0.3) is 21.1 Å². The Kier molecular flexibility index (Phi) is 11.8. The highest BCUT2D eigenvalue weighted by atomic mass is 32.1. The first-order chi connectivity index (χ1) is 25.4. The molecule has 11 nitrogen and oxygen atoms in total. The van der Waals surface area contributed by atoms with E-state index in [2.05, 4.69) is 20.8 Å². The molecule has 0 amide bonds. The fourth-order valence-electron chi connectivity index (χ4n) is 5.20. The summed E-state index contributed by atoms with van der Waals surface area (Å²) in [4.78, 5) is 51.6. The van der Waals surface area contributed by atoms with Gasteiger partial charge in [-0.25, -0.2) is 22.5 Å². The molecule has 6 rings (SSSR count). The van der Waals surface area contributed by atoms with Gasteiger partial charge >= 0.3 is 0 Å². The van der Waals surface area contributed by atoms with E-state index >= 15 is 0 Å². The van der Waals surface area contributed by atoms with Crippen molar-refractivity contribution in [2.45, 2.75) is 40.8 Å². The monoisotopic (exact) mass is 757 g/mol. The van der Waals surface area contributed by atoms with Crippen LogP contribution in [0.5, 0.6) is 0 Å². The lowest BCUT2D eigenvalue weighted by molar-refractivity contribution is 0.101. The van der Waals surface area contributed by atoms with E-state index in [1.807, 2.05) is 30.5 Å². The highest BCUT2D eigenvalue weighted by molar-refractivity contribution is 7.13. The van der Waals surface area contributed by atoms with Crippen LogP contribution in [0.1, 0.15) is 54.0 Å². The van der Waals surface area contributed by atoms with Gasteiger partial charge in [-0.15, -0.1) is 22.7 Å². The fourth-order valence-corrected chi connectivity index (χ4v) is 6.63. The van der Waals surface area contributed by atoms with E-state index in [-0.39, 0.29) is 51.8 Å². The number of nitriles is 1. The largest absolute Gasteiger partial charge is 0.350 e. The number of nitrogens with one attached hydrogen (secondary N) is 2. The second-order valence-corrected chi connectivity index (χ2v) is 13.1. The molecule has 0 radical (unpaired) electrons. The van der Waals surface area contributed by atoms with Crippen LogP contribution in [0.3, 0.4) is 0 Å². The smallest absolute Gasteiger partial charge is 0.291 e. The van der Waals surface area contributed by atoms with E-state index in [0.717, 1.165) is 9.56 Å². The molecule has 0 fully saturated rings. The third kappa shape index (κ3) is 8.16. The van der Waals surface area contributed by atoms with E-state index in [1.54, 1.807) is 48.7 Å². The van der Waals surface area contributed by atoms with E-state index in [0.29, 0.717) is 40.5 Å². The molecule has 0 spiro atoms. The summed E-state index contributed by atoms with van der Waals surface area (Å²) >= 11 is 2.79. The second kappa shape index (κ2) is 16.4. The van der Waals surface area contributed by atoms with Gasteiger partial charge < -0.3 is 10.6 Å². The molecule has 0 bridgehead atoms. The Labute approximate surface area is 308 Å². The molecule has 0 aliphatic rings. The minimum absolute atomic E-state index is 0.00251. The van der Waals surface area contributed by atoms with Crippen LogP contribution in [0.4, 0.5) is 35.9 Å². The van der Waals surface area contributed by atoms with Gasteiger partial charge in [0.1, 0.15) is 22.8 Å². The minimum atomic E-state index is -1.62. The van der Waals surface area contributed by atoms with Crippen molar-refractivity contribution in [2.75, 3.05) is 10.6 Å². The molecule has 53 heavy (non-hydrogen) atoms. The Morgan fingerprint density at radius 2 is 1.17 bits per heavy atom. The molecule has 0 unspecified atom stereocenters. The first-order valence-electron chi connectivity index (χ1n) is 16.0. The lowest BCUT2D eigenvalue weighted by Crippen LogP contribution is -2.28. The summed E-state index contributed by atoms with van der Waals surface area (Å²) in [5.41, 5.74) is 1.01. The van der Waals surface area contributed by atoms with Crippen LogP contribution >= 0.6 is 22.7 Å². The highest BCUT2D eigenvalue weighted by Gasteiger charge is 2.24. The standard InChI is InChI=1S/C19H16N4O2S.C18H14F3N3O2S/c1-3-23-19(25)18(21-14-8-6-13(11-20)7-9-14)16(12(2)24)17(22-23)15-5-4-10-26-15;1-3-24-18(26)17(22-10-7-11(19)15(21)12(20)8-10)14(9(2)25)16(23-24)13-5-4-6-27-13/h4-10,21H,3H2,1-2H3;4-8,22H,3H2,1-2H3. The van der Waals surface area contributed by atoms with Gasteiger partial charge in [-0.1, -0.05) is 12.1 Å². The van der Waals surface area contributed by atoms with Crippen molar-refractivity contribution < 1.29 is 22.8 Å². The number of aromatic nitrogens is 4. The summed E-state index contributed by atoms with van der Waals surface area (Å²) in [5.74, 6) is -5.13. The van der Waals surface area contributed by atoms with Crippen molar-refractivity contribution in [2.24, 2.45) is 0 Å². The molecule has 0 saturated carbocycles. The van der Waals surface area contributed by atoms with Crippen molar-refractivity contribution in [3.05, 3.63) is 126 Å². The Bertz CT molecular complexity index is 2450. The number of hydrogen-bond acceptors (Lipinski definition) is 11. The summed E-state index contributed by atoms with van der Waals surface area (Å²) in [7, 11) is 0. The average molecular weight is 758 g/mol. The highest BCUT2D eigenvalue weighted by Crippen LogP contribution is 2.32. The number of hydrogen-bond donors (Lipinski definition) is 2. The average Bonchev–Trinajstić information content (AvgIpc) is 3.88. The second-order valence-electron chi connectivity index (χ2n) is 11.2. The summed E-state index contributed by atoms with van der Waals surface area (Å²) in [6, 6.07) is 17.4. The predicted octanol–water partition coefficient (Wildman–Crippen LogP) is 8.16. The van der Waals surface area contributed by atoms with Gasteiger partial charge in [-0.05, 0) is 74.9 Å². The van der Waals surface area contributed by atoms with Gasteiger partial charge in [0.05, 0.1) is 32.5 Å². The predicted molar refractivity (Wildman–Crippen MR) is 199 cm³/mol. The van der Waals surface area contributed by atoms with Crippen molar-refractivity contribution >= 4 is 57.0 Å². The van der Waals surface area contributed by atoms with Crippen LogP contribution in [-0.2, 0) is 13.1 Å². The van der Waals surface area contributed by atoms with E-state index in [4.69, 9.17) is 5.26 Å². The normalized spacial score (nSPS) is 10.6. The van der Waals surface area contributed by atoms with Gasteiger partial charge in [0.25, 0.3) is 11.1 Å². The molecule has 270 valence electrons. The number of nitrogens with zero attached hydrogens (tertiary/aromatic N) is 5. The lowest BCUT2D eigenvalue weighted by Gasteiger charge is -2.15. The summed E-state index contributed by atoms with van der Waals surface area (Å²) in [5, 5.41) is 26.9. The molecule has 6 aromatic rings. The van der Waals surface area contributed by atoms with E-state index in [1.165, 1.54) is 41.2 Å². The van der Waals surface area contributed by atoms with Crippen molar-refractivity contribution in [3.8, 4) is 27.2 Å². The maximum atomic E-state index is 13.5. The zero-order valence-electron chi connectivity index (χ0n) is 28.7. The maximum Gasteiger partial charge on any atom is 0.291 e. The number of carbonyl (C=O) groups is 2. The molecular formula is C37H30F3N7O4S2. The third-order valence-electron chi connectivity index (χ3n) is 7.66. The van der Waals surface area contributed by atoms with Crippen molar-refractivity contribution in [1.29, 1.82) is 5.26 Å². The van der Waals surface area contributed by atoms with E-state index in [9.17, 15) is 32.3 Å². The van der Waals surface area contributed by atoms with Crippen LogP contribution in [0.2, 0.25) is 0 Å². The molecule has 0 aliphatic carbocycles. The topological polar surface area (TPSA) is 152 Å². The summed E-state index contributed by atoms with van der Waals surface area (Å²) in [6.45, 7) is 6.81. The SMILES string of the molecule is CCn1nc(-c2cccs2)c(C(C)=O)c(Nc2cc(F)c(F)c(F)c2)c1=O.CCn1nc(-c2cccs2)c(C(C)=O)c(Nc2ccc(C#N)cc2)c1=O. The number of Topliss-reactive ketones (excluding diaryl/α,β-unsaturated/α-hetero) is 2. The number of benzene rings is 2. The lowest BCUT2D eigenvalue weighted by atomic mass is 10.1. The minimum Gasteiger partial charge on any atom is -0.350 e. The number of halogens is 3. The van der Waals surface area contributed by atoms with Gasteiger partial charge in [-0.3, -0.25) is 19.2 Å². The maximum absolute atomic E-state index is 13.5. The van der Waals surface area contributed by atoms with Crippen molar-refractivity contribution in [3.63, 3.8) is 0 Å². The van der Waals surface area contributed by atoms with Crippen LogP contribution in [0, 0.1) is 28.8 Å². The molecule has 16 heteroatoms. The summed E-state index contributed by atoms with van der Waals surface area (Å²) in [6.07, 6.45) is 0. The number of carbonyl (C=O) groups excluding carboxylic acids is 2. The summed E-state index contributed by atoms with van der Waals surface area (Å²) < 4.78 is 42.7. The van der Waals surface area contributed by atoms with Gasteiger partial charge in [0.15, 0.2) is 29.0 Å². The number of anilines is 4. The molecule has 2 N–H and O–H groups in total. The first-order valence-corrected chi connectivity index (χ1v) is 17.7. The molecule has 4 aromatic heterocycles. The first kappa shape index (κ1) is 38.1. The quantitative estimate of drug-likeness (QED) is 0.104. The zero-order valence-corrected chi connectivity index (χ0v) is 30.3. The zero-order chi connectivity index (χ0) is 38.4. The van der Waals surface area contributed by atoms with E-state index < -0.39 is 28.8 Å². The molecular weight excluding hydrogens is 728 g/mol. The Morgan fingerprint density at radius 3 is 1.53 bits per heavy atom. The Balaban J connectivity index is 0.000000204. The Morgan fingerprint density at radius 1 is 0.736 bits per heavy atom. The van der Waals surface area contributed by atoms with Crippen molar-refractivity contribution in [1.82, 2.24) is 19.6 Å². The molecule has 0 saturated heterocycles. The number of thiophene rings is 2. The van der Waals surface area contributed by atoms with Crippen LogP contribution < -0.4 is 21.8 Å². The molecule has 0 aliphatic heterocycles. The van der Waals surface area contributed by atoms with Gasteiger partial charge in [0, 0.05) is 36.6 Å².